The normalized spacial score (nSPS) is 15.4. The van der Waals surface area contributed by atoms with Gasteiger partial charge in [0.2, 0.25) is 11.8 Å². The number of carbonyl (C=O) groups is 2. The first-order chi connectivity index (χ1) is 9.99. The van der Waals surface area contributed by atoms with Gasteiger partial charge in [-0.2, -0.15) is 0 Å². The van der Waals surface area contributed by atoms with E-state index in [-0.39, 0.29) is 11.8 Å². The topological polar surface area (TPSA) is 58.2 Å². The number of unbranched alkanes of at least 4 members (excludes halogenated alkanes) is 1. The molecular weight excluding hydrogens is 288 g/mol. The quantitative estimate of drug-likeness (QED) is 0.626. The fraction of sp³-hybridized carbons (Fsp3) is 0.500. The van der Waals surface area contributed by atoms with Crippen molar-refractivity contribution in [1.82, 2.24) is 5.32 Å². The SMILES string of the molecule is CCCCNC(=O)C1(C(=O)Nc2cc(Cl)ccc2C)CC1. The van der Waals surface area contributed by atoms with E-state index in [9.17, 15) is 9.59 Å². The Morgan fingerprint density at radius 3 is 2.62 bits per heavy atom. The van der Waals surface area contributed by atoms with E-state index in [2.05, 4.69) is 17.6 Å². The minimum Gasteiger partial charge on any atom is -0.355 e. The second-order valence-corrected chi connectivity index (χ2v) is 6.04. The summed E-state index contributed by atoms with van der Waals surface area (Å²) in [5.41, 5.74) is 0.706. The fourth-order valence-corrected chi connectivity index (χ4v) is 2.37. The molecule has 0 unspecified atom stereocenters. The largest absolute Gasteiger partial charge is 0.355 e. The minimum absolute atomic E-state index is 0.159. The van der Waals surface area contributed by atoms with Crippen molar-refractivity contribution in [3.05, 3.63) is 28.8 Å². The Labute approximate surface area is 130 Å². The van der Waals surface area contributed by atoms with Crippen LogP contribution in [-0.2, 0) is 9.59 Å². The highest BCUT2D eigenvalue weighted by atomic mass is 35.5. The van der Waals surface area contributed by atoms with E-state index in [1.54, 1.807) is 12.1 Å². The van der Waals surface area contributed by atoms with Crippen LogP contribution in [0.5, 0.6) is 0 Å². The maximum atomic E-state index is 12.4. The van der Waals surface area contributed by atoms with E-state index in [1.807, 2.05) is 13.0 Å². The first kappa shape index (κ1) is 15.8. The van der Waals surface area contributed by atoms with Crippen molar-refractivity contribution in [2.45, 2.75) is 39.5 Å². The molecule has 1 fully saturated rings. The Bertz CT molecular complexity index is 553. The minimum atomic E-state index is -0.886. The van der Waals surface area contributed by atoms with Gasteiger partial charge in [-0.3, -0.25) is 9.59 Å². The molecule has 1 saturated carbocycles. The molecule has 0 spiro atoms. The number of nitrogens with one attached hydrogen (secondary N) is 2. The predicted molar refractivity (Wildman–Crippen MR) is 84.4 cm³/mol. The zero-order valence-corrected chi connectivity index (χ0v) is 13.2. The standard InChI is InChI=1S/C16H21ClN2O2/c1-3-4-9-18-14(20)16(7-8-16)15(21)19-13-10-12(17)6-5-11(13)2/h5-6,10H,3-4,7-9H2,1-2H3,(H,18,20)(H,19,21). The van der Waals surface area contributed by atoms with Crippen molar-refractivity contribution in [3.63, 3.8) is 0 Å². The number of anilines is 1. The van der Waals surface area contributed by atoms with Gasteiger partial charge in [-0.15, -0.1) is 0 Å². The Morgan fingerprint density at radius 2 is 2.00 bits per heavy atom. The van der Waals surface area contributed by atoms with E-state index in [0.717, 1.165) is 18.4 Å². The number of benzene rings is 1. The van der Waals surface area contributed by atoms with Gasteiger partial charge in [0.05, 0.1) is 0 Å². The highest BCUT2D eigenvalue weighted by Crippen LogP contribution is 2.47. The second-order valence-electron chi connectivity index (χ2n) is 5.60. The Morgan fingerprint density at radius 1 is 1.29 bits per heavy atom. The Balaban J connectivity index is 2.02. The average molecular weight is 309 g/mol. The van der Waals surface area contributed by atoms with Crippen molar-refractivity contribution in [3.8, 4) is 0 Å². The van der Waals surface area contributed by atoms with E-state index < -0.39 is 5.41 Å². The lowest BCUT2D eigenvalue weighted by Crippen LogP contribution is -2.40. The zero-order chi connectivity index (χ0) is 15.5. The van der Waals surface area contributed by atoms with Gasteiger partial charge in [0.1, 0.15) is 5.41 Å². The molecule has 114 valence electrons. The third kappa shape index (κ3) is 3.56. The highest BCUT2D eigenvalue weighted by Gasteiger charge is 2.56. The van der Waals surface area contributed by atoms with Crippen LogP contribution in [0.4, 0.5) is 5.69 Å². The van der Waals surface area contributed by atoms with E-state index in [1.165, 1.54) is 0 Å². The molecule has 1 aliphatic rings. The van der Waals surface area contributed by atoms with Crippen molar-refractivity contribution >= 4 is 29.1 Å². The summed E-state index contributed by atoms with van der Waals surface area (Å²) in [7, 11) is 0. The average Bonchev–Trinajstić information content (AvgIpc) is 3.24. The van der Waals surface area contributed by atoms with Gasteiger partial charge in [-0.25, -0.2) is 0 Å². The summed E-state index contributed by atoms with van der Waals surface area (Å²) in [5, 5.41) is 6.26. The Hall–Kier alpha value is -1.55. The molecule has 5 heteroatoms. The molecule has 2 N–H and O–H groups in total. The van der Waals surface area contributed by atoms with Crippen LogP contribution in [0, 0.1) is 12.3 Å². The Kier molecular flexibility index (Phi) is 4.88. The van der Waals surface area contributed by atoms with Crippen LogP contribution in [0.15, 0.2) is 18.2 Å². The van der Waals surface area contributed by atoms with Crippen molar-refractivity contribution in [1.29, 1.82) is 0 Å². The summed E-state index contributed by atoms with van der Waals surface area (Å²) in [6.45, 7) is 4.58. The number of carbonyl (C=O) groups excluding carboxylic acids is 2. The van der Waals surface area contributed by atoms with E-state index in [0.29, 0.717) is 30.1 Å². The lowest BCUT2D eigenvalue weighted by Gasteiger charge is -2.16. The summed E-state index contributed by atoms with van der Waals surface area (Å²) < 4.78 is 0. The number of hydrogen-bond donors (Lipinski definition) is 2. The fourth-order valence-electron chi connectivity index (χ4n) is 2.20. The van der Waals surface area contributed by atoms with Crippen LogP contribution in [0.2, 0.25) is 5.02 Å². The summed E-state index contributed by atoms with van der Waals surface area (Å²) in [5.74, 6) is -0.394. The molecule has 1 aromatic carbocycles. The molecule has 0 heterocycles. The molecule has 2 rings (SSSR count). The smallest absolute Gasteiger partial charge is 0.240 e. The van der Waals surface area contributed by atoms with Crippen molar-refractivity contribution < 1.29 is 9.59 Å². The van der Waals surface area contributed by atoms with Gasteiger partial charge >= 0.3 is 0 Å². The van der Waals surface area contributed by atoms with Crippen LogP contribution in [0.1, 0.15) is 38.2 Å². The number of aryl methyl sites for hydroxylation is 1. The van der Waals surface area contributed by atoms with Crippen LogP contribution in [0.25, 0.3) is 0 Å². The lowest BCUT2D eigenvalue weighted by molar-refractivity contribution is -0.134. The van der Waals surface area contributed by atoms with Gasteiger partial charge < -0.3 is 10.6 Å². The van der Waals surface area contributed by atoms with E-state index in [4.69, 9.17) is 11.6 Å². The van der Waals surface area contributed by atoms with Crippen LogP contribution in [0.3, 0.4) is 0 Å². The molecule has 0 aliphatic heterocycles. The molecule has 21 heavy (non-hydrogen) atoms. The van der Waals surface area contributed by atoms with Crippen LogP contribution >= 0.6 is 11.6 Å². The molecule has 0 atom stereocenters. The van der Waals surface area contributed by atoms with Crippen molar-refractivity contribution in [2.24, 2.45) is 5.41 Å². The summed E-state index contributed by atoms with van der Waals surface area (Å²) in [6, 6.07) is 5.33. The van der Waals surface area contributed by atoms with Crippen molar-refractivity contribution in [2.75, 3.05) is 11.9 Å². The maximum absolute atomic E-state index is 12.4. The highest BCUT2D eigenvalue weighted by molar-refractivity contribution is 6.31. The number of hydrogen-bond acceptors (Lipinski definition) is 2. The molecule has 1 aliphatic carbocycles. The van der Waals surface area contributed by atoms with E-state index >= 15 is 0 Å². The lowest BCUT2D eigenvalue weighted by atomic mass is 10.0. The molecule has 0 aromatic heterocycles. The van der Waals surface area contributed by atoms with Crippen LogP contribution in [-0.4, -0.2) is 18.4 Å². The molecular formula is C16H21ClN2O2. The zero-order valence-electron chi connectivity index (χ0n) is 12.5. The van der Waals surface area contributed by atoms with Crippen LogP contribution < -0.4 is 10.6 Å². The third-order valence-electron chi connectivity index (χ3n) is 3.88. The molecule has 1 aromatic rings. The number of rotatable bonds is 6. The van der Waals surface area contributed by atoms with Gasteiger partial charge in [0, 0.05) is 17.3 Å². The first-order valence-corrected chi connectivity index (χ1v) is 7.73. The third-order valence-corrected chi connectivity index (χ3v) is 4.12. The molecule has 4 nitrogen and oxygen atoms in total. The summed E-state index contributed by atoms with van der Waals surface area (Å²) in [6.07, 6.45) is 3.16. The summed E-state index contributed by atoms with van der Waals surface area (Å²) in [4.78, 5) is 24.6. The maximum Gasteiger partial charge on any atom is 0.240 e. The first-order valence-electron chi connectivity index (χ1n) is 7.35. The van der Waals surface area contributed by atoms with Gasteiger partial charge in [-0.1, -0.05) is 31.0 Å². The van der Waals surface area contributed by atoms with Gasteiger partial charge in [0.15, 0.2) is 0 Å². The van der Waals surface area contributed by atoms with Gasteiger partial charge in [0.25, 0.3) is 0 Å². The monoisotopic (exact) mass is 308 g/mol. The molecule has 0 saturated heterocycles. The predicted octanol–water partition coefficient (Wildman–Crippen LogP) is 3.28. The molecule has 0 bridgehead atoms. The number of amides is 2. The summed E-state index contributed by atoms with van der Waals surface area (Å²) >= 11 is 5.95. The number of halogens is 1. The molecule has 0 radical (unpaired) electrons. The molecule has 2 amide bonds. The van der Waals surface area contributed by atoms with Gasteiger partial charge in [-0.05, 0) is 43.9 Å². The second kappa shape index (κ2) is 6.48.